The van der Waals surface area contributed by atoms with Gasteiger partial charge in [0.1, 0.15) is 11.6 Å². The van der Waals surface area contributed by atoms with Crippen LogP contribution in [0.15, 0.2) is 23.4 Å². The fourth-order valence-corrected chi connectivity index (χ4v) is 2.74. The van der Waals surface area contributed by atoms with Gasteiger partial charge in [0, 0.05) is 24.1 Å². The number of likely N-dealkylation sites (tertiary alicyclic amines) is 1. The zero-order chi connectivity index (χ0) is 15.6. The number of hydrogen-bond acceptors (Lipinski definition) is 4. The molecule has 1 aromatic carbocycles. The number of nitrogens with two attached hydrogens (primary N) is 1. The van der Waals surface area contributed by atoms with Crippen LogP contribution in [0.25, 0.3) is 0 Å². The molecule has 0 radical (unpaired) electrons. The highest BCUT2D eigenvalue weighted by Gasteiger charge is 2.35. The van der Waals surface area contributed by atoms with Gasteiger partial charge in [-0.15, -0.1) is 0 Å². The number of oxime groups is 1. The molecule has 6 nitrogen and oxygen atoms in total. The average Bonchev–Trinajstić information content (AvgIpc) is 2.49. The van der Waals surface area contributed by atoms with Gasteiger partial charge in [-0.05, 0) is 53.6 Å². The van der Waals surface area contributed by atoms with Crippen LogP contribution in [-0.4, -0.2) is 40.0 Å². The number of carbonyl (C=O) groups is 1. The minimum absolute atomic E-state index is 0.108. The fraction of sp³-hybridized carbons (Fsp3) is 0.429. The van der Waals surface area contributed by atoms with Gasteiger partial charge in [0.25, 0.3) is 5.91 Å². The predicted molar refractivity (Wildman–Crippen MR) is 87.5 cm³/mol. The minimum atomic E-state index is -0.375. The van der Waals surface area contributed by atoms with Gasteiger partial charge in [0.2, 0.25) is 0 Å². The van der Waals surface area contributed by atoms with E-state index in [0.29, 0.717) is 35.1 Å². The van der Waals surface area contributed by atoms with E-state index >= 15 is 0 Å². The van der Waals surface area contributed by atoms with Crippen molar-refractivity contribution in [2.24, 2.45) is 16.3 Å². The van der Waals surface area contributed by atoms with Crippen LogP contribution in [0.4, 0.5) is 0 Å². The maximum Gasteiger partial charge on any atom is 0.253 e. The molecule has 1 aliphatic rings. The molecule has 4 N–H and O–H groups in total. The smallest absolute Gasteiger partial charge is 0.253 e. The van der Waals surface area contributed by atoms with E-state index in [1.807, 2.05) is 29.5 Å². The number of hydrogen-bond donors (Lipinski definition) is 3. The Bertz CT molecular complexity index is 581. The van der Waals surface area contributed by atoms with E-state index in [4.69, 9.17) is 10.9 Å². The summed E-state index contributed by atoms with van der Waals surface area (Å²) in [6.45, 7) is 3.01. The molecule has 0 atom stereocenters. The number of aromatic hydroxyl groups is 1. The predicted octanol–water partition coefficient (Wildman–Crippen LogP) is 1.99. The lowest BCUT2D eigenvalue weighted by Gasteiger charge is -2.38. The Labute approximate surface area is 136 Å². The molecule has 114 valence electrons. The van der Waals surface area contributed by atoms with Crippen LogP contribution in [0, 0.1) is 8.99 Å². The van der Waals surface area contributed by atoms with Crippen molar-refractivity contribution in [3.05, 3.63) is 27.3 Å². The highest BCUT2D eigenvalue weighted by atomic mass is 127. The summed E-state index contributed by atoms with van der Waals surface area (Å²) in [5.41, 5.74) is 5.81. The second kappa shape index (κ2) is 6.08. The van der Waals surface area contributed by atoms with E-state index in [1.165, 1.54) is 6.07 Å². The van der Waals surface area contributed by atoms with E-state index in [9.17, 15) is 9.90 Å². The number of phenolic OH excluding ortho intramolecular Hbond substituents is 1. The standard InChI is InChI=1S/C14H18IN3O3/c1-14(13(16)17-21)4-6-18(7-5-14)12(20)9-2-3-10(15)11(19)8-9/h2-3,8,19,21H,4-7H2,1H3,(H2,16,17). The lowest BCUT2D eigenvalue weighted by molar-refractivity contribution is 0.0666. The number of halogens is 1. The van der Waals surface area contributed by atoms with Crippen molar-refractivity contribution >= 4 is 34.3 Å². The van der Waals surface area contributed by atoms with Crippen LogP contribution in [0.5, 0.6) is 5.75 Å². The SMILES string of the molecule is CC1(/C(N)=N/O)CCN(C(=O)c2ccc(I)c(O)c2)CC1. The summed E-state index contributed by atoms with van der Waals surface area (Å²) in [5.74, 6) is 0.213. The third-order valence-corrected chi connectivity index (χ3v) is 4.99. The average molecular weight is 403 g/mol. The number of amides is 1. The van der Waals surface area contributed by atoms with Gasteiger partial charge >= 0.3 is 0 Å². The van der Waals surface area contributed by atoms with E-state index in [-0.39, 0.29) is 22.9 Å². The Morgan fingerprint density at radius 2 is 2.05 bits per heavy atom. The van der Waals surface area contributed by atoms with Gasteiger partial charge in [0.15, 0.2) is 0 Å². The third-order valence-electron chi connectivity index (χ3n) is 4.07. The Hall–Kier alpha value is -1.51. The summed E-state index contributed by atoms with van der Waals surface area (Å²) in [5, 5.41) is 21.6. The van der Waals surface area contributed by atoms with Gasteiger partial charge in [-0.25, -0.2) is 0 Å². The quantitative estimate of drug-likeness (QED) is 0.231. The summed E-state index contributed by atoms with van der Waals surface area (Å²) in [6, 6.07) is 4.91. The lowest BCUT2D eigenvalue weighted by Crippen LogP contribution is -2.47. The number of amidine groups is 1. The molecule has 1 saturated heterocycles. The van der Waals surface area contributed by atoms with E-state index in [1.54, 1.807) is 17.0 Å². The van der Waals surface area contributed by atoms with Crippen molar-refractivity contribution < 1.29 is 15.1 Å². The van der Waals surface area contributed by atoms with E-state index in [0.717, 1.165) is 0 Å². The molecular formula is C14H18IN3O3. The fourth-order valence-electron chi connectivity index (χ4n) is 2.41. The zero-order valence-electron chi connectivity index (χ0n) is 11.7. The Kier molecular flexibility index (Phi) is 4.60. The second-order valence-corrected chi connectivity index (χ2v) is 6.67. The zero-order valence-corrected chi connectivity index (χ0v) is 13.9. The second-order valence-electron chi connectivity index (χ2n) is 5.50. The first kappa shape index (κ1) is 15.9. The molecule has 0 saturated carbocycles. The van der Waals surface area contributed by atoms with Crippen LogP contribution in [0.1, 0.15) is 30.1 Å². The van der Waals surface area contributed by atoms with Crippen LogP contribution in [0.3, 0.4) is 0 Å². The monoisotopic (exact) mass is 403 g/mol. The summed E-state index contributed by atoms with van der Waals surface area (Å²) in [7, 11) is 0. The van der Waals surface area contributed by atoms with Crippen LogP contribution < -0.4 is 5.73 Å². The van der Waals surface area contributed by atoms with Crippen molar-refractivity contribution in [1.82, 2.24) is 4.90 Å². The van der Waals surface area contributed by atoms with Gasteiger partial charge < -0.3 is 20.9 Å². The molecular weight excluding hydrogens is 385 g/mol. The van der Waals surface area contributed by atoms with E-state index < -0.39 is 0 Å². The summed E-state index contributed by atoms with van der Waals surface area (Å²) >= 11 is 2.01. The lowest BCUT2D eigenvalue weighted by atomic mass is 9.79. The van der Waals surface area contributed by atoms with Crippen LogP contribution in [-0.2, 0) is 0 Å². The summed E-state index contributed by atoms with van der Waals surface area (Å²) in [6.07, 6.45) is 1.29. The molecule has 7 heteroatoms. The van der Waals surface area contributed by atoms with Crippen LogP contribution >= 0.6 is 22.6 Å². The number of nitrogens with zero attached hydrogens (tertiary/aromatic N) is 2. The highest BCUT2D eigenvalue weighted by molar-refractivity contribution is 14.1. The maximum atomic E-state index is 12.4. The first-order valence-electron chi connectivity index (χ1n) is 6.63. The van der Waals surface area contributed by atoms with Crippen molar-refractivity contribution in [1.29, 1.82) is 0 Å². The van der Waals surface area contributed by atoms with Gasteiger partial charge in [-0.2, -0.15) is 0 Å². The Balaban J connectivity index is 2.08. The Morgan fingerprint density at radius 1 is 1.43 bits per heavy atom. The molecule has 0 aromatic heterocycles. The molecule has 1 aromatic rings. The Morgan fingerprint density at radius 3 is 2.57 bits per heavy atom. The van der Waals surface area contributed by atoms with Crippen LogP contribution in [0.2, 0.25) is 0 Å². The molecule has 0 aliphatic carbocycles. The van der Waals surface area contributed by atoms with Gasteiger partial charge in [-0.1, -0.05) is 12.1 Å². The summed E-state index contributed by atoms with van der Waals surface area (Å²) in [4.78, 5) is 14.1. The third kappa shape index (κ3) is 3.22. The first-order chi connectivity index (χ1) is 9.87. The molecule has 21 heavy (non-hydrogen) atoms. The molecule has 0 spiro atoms. The molecule has 2 rings (SSSR count). The number of piperidine rings is 1. The van der Waals surface area contributed by atoms with E-state index in [2.05, 4.69) is 5.16 Å². The molecule has 0 bridgehead atoms. The van der Waals surface area contributed by atoms with Gasteiger partial charge in [-0.3, -0.25) is 4.79 Å². The van der Waals surface area contributed by atoms with Crippen molar-refractivity contribution in [2.45, 2.75) is 19.8 Å². The molecule has 1 heterocycles. The van der Waals surface area contributed by atoms with Crippen molar-refractivity contribution in [3.8, 4) is 5.75 Å². The number of phenols is 1. The molecule has 0 unspecified atom stereocenters. The molecule has 1 amide bonds. The largest absolute Gasteiger partial charge is 0.507 e. The highest BCUT2D eigenvalue weighted by Crippen LogP contribution is 2.32. The first-order valence-corrected chi connectivity index (χ1v) is 7.71. The summed E-state index contributed by atoms with van der Waals surface area (Å²) < 4.78 is 0.710. The normalized spacial score (nSPS) is 18.6. The minimum Gasteiger partial charge on any atom is -0.507 e. The number of rotatable bonds is 2. The number of benzene rings is 1. The topological polar surface area (TPSA) is 99.2 Å². The number of carbonyl (C=O) groups excluding carboxylic acids is 1. The van der Waals surface area contributed by atoms with Gasteiger partial charge in [0.05, 0.1) is 3.57 Å². The van der Waals surface area contributed by atoms with Crippen molar-refractivity contribution in [2.75, 3.05) is 13.1 Å². The molecule has 1 fully saturated rings. The molecule has 1 aliphatic heterocycles. The van der Waals surface area contributed by atoms with Crippen molar-refractivity contribution in [3.63, 3.8) is 0 Å². The maximum absolute atomic E-state index is 12.4.